The molecule has 1 aliphatic rings. The summed E-state index contributed by atoms with van der Waals surface area (Å²) in [5.74, 6) is 2.33. The van der Waals surface area contributed by atoms with Crippen LogP contribution in [0.15, 0.2) is 35.7 Å². The van der Waals surface area contributed by atoms with Crippen LogP contribution >= 0.6 is 11.3 Å². The van der Waals surface area contributed by atoms with Gasteiger partial charge in [0.25, 0.3) is 0 Å². The minimum atomic E-state index is 0.410. The third kappa shape index (κ3) is 3.32. The van der Waals surface area contributed by atoms with Crippen molar-refractivity contribution in [3.05, 3.63) is 40.6 Å². The zero-order valence-corrected chi connectivity index (χ0v) is 13.3. The van der Waals surface area contributed by atoms with Gasteiger partial charge in [-0.15, -0.1) is 11.3 Å². The highest BCUT2D eigenvalue weighted by molar-refractivity contribution is 7.10. The van der Waals surface area contributed by atoms with Gasteiger partial charge in [-0.1, -0.05) is 6.07 Å². The minimum Gasteiger partial charge on any atom is -0.493 e. The third-order valence-corrected chi connectivity index (χ3v) is 4.68. The molecule has 0 amide bonds. The predicted octanol–water partition coefficient (Wildman–Crippen LogP) is 4.72. The molecule has 1 atom stereocenters. The maximum absolute atomic E-state index is 5.65. The molecule has 0 aliphatic heterocycles. The molecule has 1 N–H and O–H groups in total. The molecule has 2 aromatic rings. The van der Waals surface area contributed by atoms with Crippen molar-refractivity contribution in [1.29, 1.82) is 0 Å². The van der Waals surface area contributed by atoms with Crippen LogP contribution in [0.5, 0.6) is 11.5 Å². The van der Waals surface area contributed by atoms with E-state index in [0.29, 0.717) is 12.6 Å². The molecule has 1 heterocycles. The van der Waals surface area contributed by atoms with Gasteiger partial charge < -0.3 is 14.8 Å². The fourth-order valence-corrected chi connectivity index (χ4v) is 3.40. The average Bonchev–Trinajstić information content (AvgIpc) is 3.19. The average molecular weight is 303 g/mol. The summed E-state index contributed by atoms with van der Waals surface area (Å²) in [6, 6.07) is 10.8. The van der Waals surface area contributed by atoms with E-state index in [9.17, 15) is 0 Å². The molecule has 112 valence electrons. The van der Waals surface area contributed by atoms with Gasteiger partial charge in [-0.3, -0.25) is 0 Å². The molecular weight excluding hydrogens is 282 g/mol. The molecule has 0 bridgehead atoms. The van der Waals surface area contributed by atoms with Gasteiger partial charge in [0, 0.05) is 16.6 Å². The topological polar surface area (TPSA) is 30.5 Å². The summed E-state index contributed by atoms with van der Waals surface area (Å²) in [5, 5.41) is 5.81. The second-order valence-electron chi connectivity index (χ2n) is 5.27. The molecule has 1 unspecified atom stereocenters. The van der Waals surface area contributed by atoms with Crippen LogP contribution in [0.25, 0.3) is 0 Å². The number of benzene rings is 1. The van der Waals surface area contributed by atoms with E-state index in [4.69, 9.17) is 9.47 Å². The quantitative estimate of drug-likeness (QED) is 0.803. The second-order valence-corrected chi connectivity index (χ2v) is 6.25. The van der Waals surface area contributed by atoms with Crippen molar-refractivity contribution in [1.82, 2.24) is 0 Å². The zero-order chi connectivity index (χ0) is 14.7. The lowest BCUT2D eigenvalue weighted by Crippen LogP contribution is -2.11. The lowest BCUT2D eigenvalue weighted by Gasteiger charge is -2.19. The van der Waals surface area contributed by atoms with Crippen molar-refractivity contribution in [3.8, 4) is 11.5 Å². The van der Waals surface area contributed by atoms with Gasteiger partial charge in [0.2, 0.25) is 0 Å². The van der Waals surface area contributed by atoms with E-state index in [1.165, 1.54) is 17.7 Å². The first kappa shape index (κ1) is 14.3. The van der Waals surface area contributed by atoms with Crippen LogP contribution in [-0.4, -0.2) is 13.7 Å². The summed E-state index contributed by atoms with van der Waals surface area (Å²) in [7, 11) is 1.67. The number of anilines is 1. The Balaban J connectivity index is 1.81. The van der Waals surface area contributed by atoms with Crippen LogP contribution in [-0.2, 0) is 0 Å². The summed E-state index contributed by atoms with van der Waals surface area (Å²) in [6.45, 7) is 2.62. The Morgan fingerprint density at radius 1 is 1.29 bits per heavy atom. The Kier molecular flexibility index (Phi) is 4.34. The summed E-state index contributed by atoms with van der Waals surface area (Å²) in [5.41, 5.74) is 1.09. The van der Waals surface area contributed by atoms with Crippen LogP contribution < -0.4 is 14.8 Å². The van der Waals surface area contributed by atoms with Crippen LogP contribution in [0.1, 0.15) is 30.7 Å². The van der Waals surface area contributed by atoms with Crippen LogP contribution in [0, 0.1) is 5.92 Å². The highest BCUT2D eigenvalue weighted by atomic mass is 32.1. The fraction of sp³-hybridized carbons (Fsp3) is 0.412. The van der Waals surface area contributed by atoms with Gasteiger partial charge in [-0.25, -0.2) is 0 Å². The third-order valence-electron chi connectivity index (χ3n) is 3.73. The number of methoxy groups -OCH3 is 1. The van der Waals surface area contributed by atoms with Crippen molar-refractivity contribution in [3.63, 3.8) is 0 Å². The standard InChI is InChI=1S/C17H21NO2S/c1-3-20-15-11-13(8-9-14(15)19-2)18-17(12-6-7-12)16-5-4-10-21-16/h4-5,8-12,17-18H,3,6-7H2,1-2H3. The molecule has 0 spiro atoms. The number of nitrogens with one attached hydrogen (secondary N) is 1. The van der Waals surface area contributed by atoms with E-state index in [-0.39, 0.29) is 0 Å². The van der Waals surface area contributed by atoms with Gasteiger partial charge in [-0.2, -0.15) is 0 Å². The van der Waals surface area contributed by atoms with E-state index in [1.807, 2.05) is 30.4 Å². The summed E-state index contributed by atoms with van der Waals surface area (Å²) < 4.78 is 11.0. The van der Waals surface area contributed by atoms with Crippen LogP contribution in [0.4, 0.5) is 5.69 Å². The molecule has 3 rings (SSSR count). The number of thiophene rings is 1. The number of ether oxygens (including phenoxy) is 2. The monoisotopic (exact) mass is 303 g/mol. The Labute approximate surface area is 129 Å². The highest BCUT2D eigenvalue weighted by Crippen LogP contribution is 2.44. The van der Waals surface area contributed by atoms with Gasteiger partial charge in [0.05, 0.1) is 19.8 Å². The van der Waals surface area contributed by atoms with Crippen molar-refractivity contribution < 1.29 is 9.47 Å². The number of hydrogen-bond donors (Lipinski definition) is 1. The number of hydrogen-bond acceptors (Lipinski definition) is 4. The smallest absolute Gasteiger partial charge is 0.163 e. The van der Waals surface area contributed by atoms with Gasteiger partial charge in [-0.05, 0) is 49.3 Å². The van der Waals surface area contributed by atoms with E-state index >= 15 is 0 Å². The first-order valence-electron chi connectivity index (χ1n) is 7.42. The maximum Gasteiger partial charge on any atom is 0.163 e. The van der Waals surface area contributed by atoms with E-state index in [0.717, 1.165) is 23.1 Å². The zero-order valence-electron chi connectivity index (χ0n) is 12.5. The molecule has 1 aromatic heterocycles. The van der Waals surface area contributed by atoms with Crippen molar-refractivity contribution in [2.75, 3.05) is 19.0 Å². The summed E-state index contributed by atoms with van der Waals surface area (Å²) >= 11 is 1.82. The lowest BCUT2D eigenvalue weighted by molar-refractivity contribution is 0.311. The first-order chi connectivity index (χ1) is 10.3. The first-order valence-corrected chi connectivity index (χ1v) is 8.30. The molecular formula is C17H21NO2S. The molecule has 21 heavy (non-hydrogen) atoms. The molecule has 1 aliphatic carbocycles. The SMILES string of the molecule is CCOc1cc(NC(c2cccs2)C2CC2)ccc1OC. The lowest BCUT2D eigenvalue weighted by atomic mass is 10.1. The molecule has 1 saturated carbocycles. The van der Waals surface area contributed by atoms with Crippen molar-refractivity contribution in [2.45, 2.75) is 25.8 Å². The molecule has 3 nitrogen and oxygen atoms in total. The molecule has 0 saturated heterocycles. The van der Waals surface area contributed by atoms with Gasteiger partial charge in [0.15, 0.2) is 11.5 Å². The van der Waals surface area contributed by atoms with Gasteiger partial charge in [0.1, 0.15) is 0 Å². The fourth-order valence-electron chi connectivity index (χ4n) is 2.53. The van der Waals surface area contributed by atoms with Crippen molar-refractivity contribution >= 4 is 17.0 Å². The largest absolute Gasteiger partial charge is 0.493 e. The molecule has 1 fully saturated rings. The Bertz CT molecular complexity index is 578. The molecule has 1 aromatic carbocycles. The predicted molar refractivity (Wildman–Crippen MR) is 87.6 cm³/mol. The summed E-state index contributed by atoms with van der Waals surface area (Å²) in [4.78, 5) is 1.41. The molecule has 0 radical (unpaired) electrons. The van der Waals surface area contributed by atoms with E-state index in [1.54, 1.807) is 7.11 Å². The number of rotatable bonds is 7. The second kappa shape index (κ2) is 6.39. The maximum atomic E-state index is 5.65. The Morgan fingerprint density at radius 2 is 2.14 bits per heavy atom. The van der Waals surface area contributed by atoms with Gasteiger partial charge >= 0.3 is 0 Å². The van der Waals surface area contributed by atoms with E-state index < -0.39 is 0 Å². The van der Waals surface area contributed by atoms with E-state index in [2.05, 4.69) is 28.9 Å². The van der Waals surface area contributed by atoms with Crippen LogP contribution in [0.2, 0.25) is 0 Å². The normalized spacial score (nSPS) is 15.5. The summed E-state index contributed by atoms with van der Waals surface area (Å²) in [6.07, 6.45) is 2.62. The Hall–Kier alpha value is -1.68. The van der Waals surface area contributed by atoms with Crippen LogP contribution in [0.3, 0.4) is 0 Å². The van der Waals surface area contributed by atoms with Crippen molar-refractivity contribution in [2.24, 2.45) is 5.92 Å². The minimum absolute atomic E-state index is 0.410. The molecule has 4 heteroatoms. The Morgan fingerprint density at radius 3 is 2.76 bits per heavy atom. The highest BCUT2D eigenvalue weighted by Gasteiger charge is 2.33.